The highest BCUT2D eigenvalue weighted by Gasteiger charge is 2.14. The fourth-order valence-corrected chi connectivity index (χ4v) is 2.48. The summed E-state index contributed by atoms with van der Waals surface area (Å²) in [5.41, 5.74) is 2.17. The van der Waals surface area contributed by atoms with E-state index in [0.717, 1.165) is 15.7 Å². The summed E-state index contributed by atoms with van der Waals surface area (Å²) in [6.45, 7) is 2.08. The van der Waals surface area contributed by atoms with Crippen LogP contribution in [0.15, 0.2) is 47.2 Å². The summed E-state index contributed by atoms with van der Waals surface area (Å²) in [7, 11) is 0. The number of carbonyl (C=O) groups excluding carboxylic acids is 1. The van der Waals surface area contributed by atoms with E-state index in [2.05, 4.69) is 25.9 Å². The second kappa shape index (κ2) is 5.65. The number of carbonyl (C=O) groups is 1. The Balaban J connectivity index is 2.14. The highest BCUT2D eigenvalue weighted by Crippen LogP contribution is 2.23. The first-order valence-corrected chi connectivity index (χ1v) is 7.25. The number of esters is 1. The van der Waals surface area contributed by atoms with Gasteiger partial charge < -0.3 is 4.74 Å². The van der Waals surface area contributed by atoms with Crippen LogP contribution in [0.25, 0.3) is 17.0 Å². The second-order valence-electron chi connectivity index (χ2n) is 4.36. The van der Waals surface area contributed by atoms with Crippen molar-refractivity contribution < 1.29 is 9.53 Å². The fourth-order valence-electron chi connectivity index (χ4n) is 2.08. The van der Waals surface area contributed by atoms with E-state index < -0.39 is 5.97 Å². The van der Waals surface area contributed by atoms with Gasteiger partial charge in [0.1, 0.15) is 0 Å². The van der Waals surface area contributed by atoms with E-state index in [-0.39, 0.29) is 5.69 Å². The minimum absolute atomic E-state index is 0.256. The standard InChI is InChI=1S/C15H12BrN3O2/c1-2-21-14(20)12-9-19-13(6-7-17-15(19)18-12)10-4-3-5-11(16)8-10/h3-9H,2H2,1H3. The van der Waals surface area contributed by atoms with Gasteiger partial charge in [-0.1, -0.05) is 28.1 Å². The Morgan fingerprint density at radius 1 is 1.38 bits per heavy atom. The molecule has 0 bridgehead atoms. The third kappa shape index (κ3) is 2.67. The molecule has 0 aliphatic heterocycles. The van der Waals surface area contributed by atoms with Gasteiger partial charge in [0.2, 0.25) is 5.78 Å². The molecule has 0 amide bonds. The topological polar surface area (TPSA) is 56.5 Å². The molecule has 21 heavy (non-hydrogen) atoms. The van der Waals surface area contributed by atoms with Crippen molar-refractivity contribution >= 4 is 27.7 Å². The molecule has 1 aromatic carbocycles. The lowest BCUT2D eigenvalue weighted by Crippen LogP contribution is -2.04. The van der Waals surface area contributed by atoms with E-state index >= 15 is 0 Å². The number of nitrogens with zero attached hydrogens (tertiary/aromatic N) is 3. The lowest BCUT2D eigenvalue weighted by Gasteiger charge is -2.05. The molecule has 3 rings (SSSR count). The van der Waals surface area contributed by atoms with Gasteiger partial charge in [-0.3, -0.25) is 4.40 Å². The van der Waals surface area contributed by atoms with Crippen LogP contribution in [0.2, 0.25) is 0 Å². The quantitative estimate of drug-likeness (QED) is 0.683. The summed E-state index contributed by atoms with van der Waals surface area (Å²) < 4.78 is 7.74. The molecule has 0 saturated heterocycles. The Hall–Kier alpha value is -2.21. The van der Waals surface area contributed by atoms with Gasteiger partial charge in [-0.25, -0.2) is 14.8 Å². The van der Waals surface area contributed by atoms with E-state index in [0.29, 0.717) is 12.4 Å². The van der Waals surface area contributed by atoms with Gasteiger partial charge in [0.05, 0.1) is 12.3 Å². The zero-order valence-electron chi connectivity index (χ0n) is 11.3. The zero-order valence-corrected chi connectivity index (χ0v) is 12.9. The van der Waals surface area contributed by atoms with E-state index in [4.69, 9.17) is 4.74 Å². The van der Waals surface area contributed by atoms with Crippen LogP contribution in [0.5, 0.6) is 0 Å². The summed E-state index contributed by atoms with van der Waals surface area (Å²) in [6, 6.07) is 9.78. The summed E-state index contributed by atoms with van der Waals surface area (Å²) >= 11 is 3.46. The van der Waals surface area contributed by atoms with E-state index in [1.807, 2.05) is 30.3 Å². The first-order chi connectivity index (χ1) is 10.2. The van der Waals surface area contributed by atoms with Crippen LogP contribution in [0.4, 0.5) is 0 Å². The predicted molar refractivity (Wildman–Crippen MR) is 82.1 cm³/mol. The summed E-state index contributed by atoms with van der Waals surface area (Å²) in [6.07, 6.45) is 3.32. The molecule has 0 aliphatic rings. The number of imidazole rings is 1. The number of hydrogen-bond acceptors (Lipinski definition) is 4. The number of rotatable bonds is 3. The molecule has 0 spiro atoms. The Labute approximate surface area is 129 Å². The van der Waals surface area contributed by atoms with Crippen LogP contribution >= 0.6 is 15.9 Å². The average molecular weight is 346 g/mol. The molecule has 0 unspecified atom stereocenters. The number of ether oxygens (including phenoxy) is 1. The van der Waals surface area contributed by atoms with Crippen molar-refractivity contribution in [2.75, 3.05) is 6.61 Å². The maximum absolute atomic E-state index is 11.8. The third-order valence-electron chi connectivity index (χ3n) is 2.97. The fraction of sp³-hybridized carbons (Fsp3) is 0.133. The molecular formula is C15H12BrN3O2. The van der Waals surface area contributed by atoms with Crippen molar-refractivity contribution in [3.8, 4) is 11.3 Å². The normalized spacial score (nSPS) is 10.8. The largest absolute Gasteiger partial charge is 0.461 e. The molecule has 2 heterocycles. The first kappa shape index (κ1) is 13.8. The SMILES string of the molecule is CCOC(=O)c1cn2c(-c3cccc(Br)c3)ccnc2n1. The Kier molecular flexibility index (Phi) is 3.70. The highest BCUT2D eigenvalue weighted by atomic mass is 79.9. The van der Waals surface area contributed by atoms with Gasteiger partial charge in [-0.05, 0) is 30.7 Å². The van der Waals surface area contributed by atoms with E-state index in [1.54, 1.807) is 23.7 Å². The molecule has 106 valence electrons. The number of benzene rings is 1. The van der Waals surface area contributed by atoms with Crippen LogP contribution in [-0.4, -0.2) is 26.9 Å². The van der Waals surface area contributed by atoms with Gasteiger partial charge >= 0.3 is 5.97 Å². The van der Waals surface area contributed by atoms with Gasteiger partial charge in [0, 0.05) is 16.9 Å². The summed E-state index contributed by atoms with van der Waals surface area (Å²) in [5, 5.41) is 0. The maximum atomic E-state index is 11.8. The van der Waals surface area contributed by atoms with Gasteiger partial charge in [0.25, 0.3) is 0 Å². The number of hydrogen-bond donors (Lipinski definition) is 0. The highest BCUT2D eigenvalue weighted by molar-refractivity contribution is 9.10. The van der Waals surface area contributed by atoms with Crippen LogP contribution in [-0.2, 0) is 4.74 Å². The van der Waals surface area contributed by atoms with Crippen LogP contribution in [0.1, 0.15) is 17.4 Å². The predicted octanol–water partition coefficient (Wildman–Crippen LogP) is 3.34. The molecule has 0 atom stereocenters. The molecular weight excluding hydrogens is 334 g/mol. The van der Waals surface area contributed by atoms with Gasteiger partial charge in [0.15, 0.2) is 5.69 Å². The molecule has 2 aromatic heterocycles. The van der Waals surface area contributed by atoms with Crippen LogP contribution < -0.4 is 0 Å². The minimum atomic E-state index is -0.441. The van der Waals surface area contributed by atoms with Gasteiger partial charge in [-0.15, -0.1) is 0 Å². The zero-order chi connectivity index (χ0) is 14.8. The summed E-state index contributed by atoms with van der Waals surface area (Å²) in [4.78, 5) is 20.2. The monoisotopic (exact) mass is 345 g/mol. The smallest absolute Gasteiger partial charge is 0.358 e. The Morgan fingerprint density at radius 2 is 2.24 bits per heavy atom. The lowest BCUT2D eigenvalue weighted by molar-refractivity contribution is 0.0520. The van der Waals surface area contributed by atoms with Crippen LogP contribution in [0, 0.1) is 0 Å². The average Bonchev–Trinajstić information content (AvgIpc) is 2.91. The Morgan fingerprint density at radius 3 is 3.00 bits per heavy atom. The third-order valence-corrected chi connectivity index (χ3v) is 3.47. The number of aromatic nitrogens is 3. The lowest BCUT2D eigenvalue weighted by atomic mass is 10.1. The number of halogens is 1. The first-order valence-electron chi connectivity index (χ1n) is 6.46. The van der Waals surface area contributed by atoms with Crippen molar-refractivity contribution in [2.45, 2.75) is 6.92 Å². The summed E-state index contributed by atoms with van der Waals surface area (Å²) in [5.74, 6) is 0.0266. The van der Waals surface area contributed by atoms with E-state index in [1.165, 1.54) is 0 Å². The van der Waals surface area contributed by atoms with Crippen molar-refractivity contribution in [2.24, 2.45) is 0 Å². The molecule has 0 N–H and O–H groups in total. The molecule has 0 fully saturated rings. The van der Waals surface area contributed by atoms with Gasteiger partial charge in [-0.2, -0.15) is 0 Å². The van der Waals surface area contributed by atoms with Crippen molar-refractivity contribution in [1.82, 2.24) is 14.4 Å². The maximum Gasteiger partial charge on any atom is 0.358 e. The Bertz CT molecular complexity index is 814. The van der Waals surface area contributed by atoms with Crippen molar-refractivity contribution in [3.05, 3.63) is 52.9 Å². The van der Waals surface area contributed by atoms with Crippen molar-refractivity contribution in [1.29, 1.82) is 0 Å². The molecule has 3 aromatic rings. The molecule has 0 radical (unpaired) electrons. The molecule has 5 nitrogen and oxygen atoms in total. The van der Waals surface area contributed by atoms with Crippen molar-refractivity contribution in [3.63, 3.8) is 0 Å². The molecule has 6 heteroatoms. The second-order valence-corrected chi connectivity index (χ2v) is 5.27. The van der Waals surface area contributed by atoms with E-state index in [9.17, 15) is 4.79 Å². The number of fused-ring (bicyclic) bond motifs is 1. The minimum Gasteiger partial charge on any atom is -0.461 e. The molecule has 0 saturated carbocycles. The molecule has 0 aliphatic carbocycles. The van der Waals surface area contributed by atoms with Crippen LogP contribution in [0.3, 0.4) is 0 Å².